The van der Waals surface area contributed by atoms with Crippen LogP contribution in [0.25, 0.3) is 0 Å². The lowest BCUT2D eigenvalue weighted by atomic mass is 9.98. The molecule has 0 N–H and O–H groups in total. The standard InChI is InChI=1S/C7H11IO2/c1-5-2-3-7(9)10-6(5)4-8/h5-6H,2-4H2,1H3/t5-,6+/m0/s1. The minimum atomic E-state index is -0.0280. The highest BCUT2D eigenvalue weighted by molar-refractivity contribution is 14.1. The lowest BCUT2D eigenvalue weighted by Crippen LogP contribution is -2.31. The Balaban J connectivity index is 2.45. The first-order valence-electron chi connectivity index (χ1n) is 3.49. The van der Waals surface area contributed by atoms with Gasteiger partial charge in [-0.2, -0.15) is 0 Å². The molecule has 58 valence electrons. The lowest BCUT2D eigenvalue weighted by Gasteiger charge is -2.26. The summed E-state index contributed by atoms with van der Waals surface area (Å²) in [7, 11) is 0. The normalized spacial score (nSPS) is 33.6. The molecular formula is C7H11IO2. The van der Waals surface area contributed by atoms with Crippen LogP contribution in [0.2, 0.25) is 0 Å². The Bertz CT molecular complexity index is 136. The molecule has 10 heavy (non-hydrogen) atoms. The topological polar surface area (TPSA) is 26.3 Å². The molecule has 0 spiro atoms. The Morgan fingerprint density at radius 2 is 2.50 bits per heavy atom. The summed E-state index contributed by atoms with van der Waals surface area (Å²) in [5.74, 6) is 0.523. The van der Waals surface area contributed by atoms with E-state index in [0.29, 0.717) is 12.3 Å². The zero-order valence-electron chi connectivity index (χ0n) is 5.97. The fourth-order valence-electron chi connectivity index (χ4n) is 1.06. The molecule has 3 heteroatoms. The summed E-state index contributed by atoms with van der Waals surface area (Å²) >= 11 is 2.25. The summed E-state index contributed by atoms with van der Waals surface area (Å²) < 4.78 is 6.02. The molecule has 1 fully saturated rings. The van der Waals surface area contributed by atoms with Gasteiger partial charge in [0.05, 0.1) is 0 Å². The van der Waals surface area contributed by atoms with Crippen molar-refractivity contribution in [3.63, 3.8) is 0 Å². The minimum Gasteiger partial charge on any atom is -0.461 e. The number of carbonyl (C=O) groups is 1. The van der Waals surface area contributed by atoms with Gasteiger partial charge in [-0.3, -0.25) is 4.79 Å². The van der Waals surface area contributed by atoms with Crippen molar-refractivity contribution in [2.45, 2.75) is 25.9 Å². The number of carbonyl (C=O) groups excluding carboxylic acids is 1. The van der Waals surface area contributed by atoms with Crippen LogP contribution in [0.15, 0.2) is 0 Å². The van der Waals surface area contributed by atoms with Gasteiger partial charge in [-0.05, 0) is 12.3 Å². The highest BCUT2D eigenvalue weighted by Gasteiger charge is 2.25. The van der Waals surface area contributed by atoms with Gasteiger partial charge in [0.25, 0.3) is 0 Å². The zero-order chi connectivity index (χ0) is 7.56. The van der Waals surface area contributed by atoms with E-state index in [-0.39, 0.29) is 12.1 Å². The summed E-state index contributed by atoms with van der Waals surface area (Å²) in [6.07, 6.45) is 1.77. The maximum absolute atomic E-state index is 10.8. The number of ether oxygens (including phenoxy) is 1. The van der Waals surface area contributed by atoms with Gasteiger partial charge >= 0.3 is 5.97 Å². The third kappa shape index (κ3) is 1.84. The SMILES string of the molecule is C[C@H]1CCC(=O)O[C@@H]1CI. The van der Waals surface area contributed by atoms with Crippen LogP contribution in [0.4, 0.5) is 0 Å². The van der Waals surface area contributed by atoms with E-state index in [2.05, 4.69) is 29.5 Å². The molecule has 1 saturated heterocycles. The monoisotopic (exact) mass is 254 g/mol. The van der Waals surface area contributed by atoms with Crippen LogP contribution in [-0.2, 0) is 9.53 Å². The molecule has 0 saturated carbocycles. The maximum atomic E-state index is 10.8. The highest BCUT2D eigenvalue weighted by atomic mass is 127. The first kappa shape index (κ1) is 8.30. The summed E-state index contributed by atoms with van der Waals surface area (Å²) in [5, 5.41) is 0. The van der Waals surface area contributed by atoms with Gasteiger partial charge in [-0.25, -0.2) is 0 Å². The van der Waals surface area contributed by atoms with Crippen molar-refractivity contribution >= 4 is 28.6 Å². The van der Waals surface area contributed by atoms with E-state index in [0.717, 1.165) is 10.8 Å². The van der Waals surface area contributed by atoms with Crippen molar-refractivity contribution in [2.75, 3.05) is 4.43 Å². The molecule has 1 heterocycles. The molecule has 0 aromatic rings. The summed E-state index contributed by atoms with van der Waals surface area (Å²) in [4.78, 5) is 10.8. The zero-order valence-corrected chi connectivity index (χ0v) is 8.13. The van der Waals surface area contributed by atoms with Crippen LogP contribution in [0.1, 0.15) is 19.8 Å². The first-order chi connectivity index (χ1) is 4.74. The number of alkyl halides is 1. The van der Waals surface area contributed by atoms with Crippen LogP contribution in [-0.4, -0.2) is 16.5 Å². The molecular weight excluding hydrogens is 243 g/mol. The molecule has 0 aromatic heterocycles. The highest BCUT2D eigenvalue weighted by Crippen LogP contribution is 2.22. The smallest absolute Gasteiger partial charge is 0.306 e. The first-order valence-corrected chi connectivity index (χ1v) is 5.02. The fraction of sp³-hybridized carbons (Fsp3) is 0.857. The average Bonchev–Trinajstić information content (AvgIpc) is 1.94. The maximum Gasteiger partial charge on any atom is 0.306 e. The van der Waals surface area contributed by atoms with E-state index >= 15 is 0 Å². The molecule has 2 atom stereocenters. The molecule has 0 aromatic carbocycles. The molecule has 0 amide bonds. The van der Waals surface area contributed by atoms with Gasteiger partial charge in [0, 0.05) is 10.8 Å². The Labute approximate surface area is 74.5 Å². The van der Waals surface area contributed by atoms with Crippen molar-refractivity contribution < 1.29 is 9.53 Å². The van der Waals surface area contributed by atoms with Gasteiger partial charge in [0.2, 0.25) is 0 Å². The molecule has 0 aliphatic carbocycles. The van der Waals surface area contributed by atoms with Gasteiger partial charge < -0.3 is 4.74 Å². The predicted octanol–water partition coefficient (Wildman–Crippen LogP) is 1.76. The van der Waals surface area contributed by atoms with Crippen molar-refractivity contribution in [1.82, 2.24) is 0 Å². The Morgan fingerprint density at radius 3 is 3.00 bits per heavy atom. The minimum absolute atomic E-state index is 0.0280. The Hall–Kier alpha value is 0.200. The molecule has 1 aliphatic heterocycles. The molecule has 2 nitrogen and oxygen atoms in total. The average molecular weight is 254 g/mol. The fourth-order valence-corrected chi connectivity index (χ4v) is 2.11. The van der Waals surface area contributed by atoms with E-state index in [1.54, 1.807) is 0 Å². The van der Waals surface area contributed by atoms with Gasteiger partial charge in [-0.15, -0.1) is 0 Å². The lowest BCUT2D eigenvalue weighted by molar-refractivity contribution is -0.155. The quantitative estimate of drug-likeness (QED) is 0.405. The molecule has 1 aliphatic rings. The van der Waals surface area contributed by atoms with Gasteiger partial charge in [0.15, 0.2) is 0 Å². The van der Waals surface area contributed by atoms with Crippen LogP contribution < -0.4 is 0 Å². The van der Waals surface area contributed by atoms with E-state index in [9.17, 15) is 4.79 Å². The number of halogens is 1. The number of esters is 1. The van der Waals surface area contributed by atoms with Crippen molar-refractivity contribution in [1.29, 1.82) is 0 Å². The van der Waals surface area contributed by atoms with Crippen LogP contribution in [0.3, 0.4) is 0 Å². The second-order valence-corrected chi connectivity index (χ2v) is 3.58. The summed E-state index contributed by atoms with van der Waals surface area (Å²) in [5.41, 5.74) is 0. The number of cyclic esters (lactones) is 1. The van der Waals surface area contributed by atoms with E-state index in [1.807, 2.05) is 0 Å². The van der Waals surface area contributed by atoms with Crippen LogP contribution in [0, 0.1) is 5.92 Å². The molecule has 0 unspecified atom stereocenters. The second-order valence-electron chi connectivity index (χ2n) is 2.70. The Kier molecular flexibility index (Phi) is 2.95. The molecule has 0 bridgehead atoms. The Morgan fingerprint density at radius 1 is 1.80 bits per heavy atom. The number of rotatable bonds is 1. The predicted molar refractivity (Wildman–Crippen MR) is 47.2 cm³/mol. The molecule has 0 radical (unpaired) electrons. The summed E-state index contributed by atoms with van der Waals surface area (Å²) in [6, 6.07) is 0. The number of hydrogen-bond acceptors (Lipinski definition) is 2. The number of hydrogen-bond donors (Lipinski definition) is 0. The van der Waals surface area contributed by atoms with E-state index in [1.165, 1.54) is 0 Å². The van der Waals surface area contributed by atoms with Crippen molar-refractivity contribution in [3.05, 3.63) is 0 Å². The van der Waals surface area contributed by atoms with Gasteiger partial charge in [0.1, 0.15) is 6.10 Å². The second kappa shape index (κ2) is 3.55. The largest absolute Gasteiger partial charge is 0.461 e. The summed E-state index contributed by atoms with van der Waals surface area (Å²) in [6.45, 7) is 2.13. The third-order valence-corrected chi connectivity index (χ3v) is 2.74. The van der Waals surface area contributed by atoms with Crippen molar-refractivity contribution in [2.24, 2.45) is 5.92 Å². The van der Waals surface area contributed by atoms with Crippen LogP contribution in [0.5, 0.6) is 0 Å². The van der Waals surface area contributed by atoms with E-state index < -0.39 is 0 Å². The van der Waals surface area contributed by atoms with Crippen molar-refractivity contribution in [3.8, 4) is 0 Å². The van der Waals surface area contributed by atoms with Crippen LogP contribution >= 0.6 is 22.6 Å². The third-order valence-electron chi connectivity index (χ3n) is 1.87. The van der Waals surface area contributed by atoms with Gasteiger partial charge in [-0.1, -0.05) is 29.5 Å². The van der Waals surface area contributed by atoms with E-state index in [4.69, 9.17) is 4.74 Å². The molecule has 1 rings (SSSR count).